The first-order valence-electron chi connectivity index (χ1n) is 3.56. The molecule has 3 nitrogen and oxygen atoms in total. The standard InChI is InChI=1S/C7H10ClNO2/c1-5(10)2-3-6-4-7(8)9-11-6/h6H,2-4H2,1H3. The Morgan fingerprint density at radius 1 is 1.91 bits per heavy atom. The minimum absolute atomic E-state index is 0.0198. The second-order valence-corrected chi connectivity index (χ2v) is 3.08. The van der Waals surface area contributed by atoms with Gasteiger partial charge in [-0.15, -0.1) is 0 Å². The molecule has 1 atom stereocenters. The third-order valence-electron chi connectivity index (χ3n) is 1.52. The average molecular weight is 176 g/mol. The second kappa shape index (κ2) is 3.72. The van der Waals surface area contributed by atoms with Crippen LogP contribution < -0.4 is 0 Å². The van der Waals surface area contributed by atoms with Crippen LogP contribution in [0, 0.1) is 0 Å². The van der Waals surface area contributed by atoms with E-state index in [1.165, 1.54) is 0 Å². The van der Waals surface area contributed by atoms with Crippen molar-refractivity contribution in [1.29, 1.82) is 0 Å². The van der Waals surface area contributed by atoms with Crippen LogP contribution in [0.15, 0.2) is 5.16 Å². The van der Waals surface area contributed by atoms with Gasteiger partial charge in [0.2, 0.25) is 0 Å². The molecule has 0 fully saturated rings. The molecule has 0 N–H and O–H groups in total. The number of oxime groups is 1. The first-order chi connectivity index (χ1) is 5.18. The molecule has 1 aliphatic rings. The molecule has 4 heteroatoms. The Kier molecular flexibility index (Phi) is 2.88. The summed E-state index contributed by atoms with van der Waals surface area (Å²) in [6.07, 6.45) is 1.93. The maximum atomic E-state index is 10.6. The highest BCUT2D eigenvalue weighted by atomic mass is 35.5. The van der Waals surface area contributed by atoms with E-state index in [2.05, 4.69) is 5.16 Å². The molecule has 0 aromatic carbocycles. The Bertz CT molecular complexity index is 191. The fourth-order valence-corrected chi connectivity index (χ4v) is 1.13. The average Bonchev–Trinajstić information content (AvgIpc) is 2.31. The molecular formula is C7H10ClNO2. The fraction of sp³-hybridized carbons (Fsp3) is 0.714. The lowest BCUT2D eigenvalue weighted by Gasteiger charge is -2.04. The van der Waals surface area contributed by atoms with Gasteiger partial charge in [-0.25, -0.2) is 0 Å². The van der Waals surface area contributed by atoms with E-state index < -0.39 is 0 Å². The van der Waals surface area contributed by atoms with Gasteiger partial charge in [-0.05, 0) is 13.3 Å². The fourth-order valence-electron chi connectivity index (χ4n) is 0.913. The molecule has 0 aliphatic carbocycles. The molecule has 11 heavy (non-hydrogen) atoms. The number of carbonyl (C=O) groups excluding carboxylic acids is 1. The number of hydrogen-bond acceptors (Lipinski definition) is 3. The molecule has 0 saturated carbocycles. The monoisotopic (exact) mass is 175 g/mol. The number of carbonyl (C=O) groups is 1. The molecular weight excluding hydrogens is 166 g/mol. The number of hydrogen-bond donors (Lipinski definition) is 0. The normalized spacial score (nSPS) is 22.7. The zero-order chi connectivity index (χ0) is 8.27. The zero-order valence-corrected chi connectivity index (χ0v) is 7.10. The molecule has 0 aromatic heterocycles. The Morgan fingerprint density at radius 2 is 2.64 bits per heavy atom. The van der Waals surface area contributed by atoms with Crippen molar-refractivity contribution in [2.45, 2.75) is 32.3 Å². The Labute approximate surface area is 70.4 Å². The first-order valence-corrected chi connectivity index (χ1v) is 3.94. The van der Waals surface area contributed by atoms with Gasteiger partial charge in [0, 0.05) is 12.8 Å². The quantitative estimate of drug-likeness (QED) is 0.655. The van der Waals surface area contributed by atoms with Gasteiger partial charge in [0.15, 0.2) is 0 Å². The van der Waals surface area contributed by atoms with Crippen molar-refractivity contribution in [3.63, 3.8) is 0 Å². The predicted molar refractivity (Wildman–Crippen MR) is 42.7 cm³/mol. The molecule has 1 aliphatic heterocycles. The third kappa shape index (κ3) is 2.89. The van der Waals surface area contributed by atoms with Crippen LogP contribution in [-0.4, -0.2) is 17.1 Å². The largest absolute Gasteiger partial charge is 0.391 e. The van der Waals surface area contributed by atoms with Crippen molar-refractivity contribution in [3.8, 4) is 0 Å². The Balaban J connectivity index is 2.16. The highest BCUT2D eigenvalue weighted by molar-refractivity contribution is 6.65. The van der Waals surface area contributed by atoms with Gasteiger partial charge in [0.1, 0.15) is 17.1 Å². The maximum Gasteiger partial charge on any atom is 0.149 e. The van der Waals surface area contributed by atoms with E-state index in [1.807, 2.05) is 0 Å². The highest BCUT2D eigenvalue weighted by Crippen LogP contribution is 2.17. The molecule has 0 spiro atoms. The summed E-state index contributed by atoms with van der Waals surface area (Å²) in [7, 11) is 0. The van der Waals surface area contributed by atoms with Crippen LogP contribution in [0.3, 0.4) is 0 Å². The van der Waals surface area contributed by atoms with Crippen molar-refractivity contribution in [1.82, 2.24) is 0 Å². The Morgan fingerprint density at radius 3 is 3.09 bits per heavy atom. The minimum Gasteiger partial charge on any atom is -0.391 e. The van der Waals surface area contributed by atoms with Gasteiger partial charge in [0.25, 0.3) is 0 Å². The summed E-state index contributed by atoms with van der Waals surface area (Å²) in [6.45, 7) is 1.57. The molecule has 1 unspecified atom stereocenters. The molecule has 1 heterocycles. The van der Waals surface area contributed by atoms with Gasteiger partial charge < -0.3 is 9.63 Å². The van der Waals surface area contributed by atoms with E-state index in [0.717, 1.165) is 6.42 Å². The summed E-state index contributed by atoms with van der Waals surface area (Å²) in [4.78, 5) is 15.5. The molecule has 0 bridgehead atoms. The van der Waals surface area contributed by atoms with E-state index >= 15 is 0 Å². The SMILES string of the molecule is CC(=O)CCC1CC(Cl)=NO1. The van der Waals surface area contributed by atoms with Gasteiger partial charge >= 0.3 is 0 Å². The zero-order valence-electron chi connectivity index (χ0n) is 6.34. The highest BCUT2D eigenvalue weighted by Gasteiger charge is 2.19. The van der Waals surface area contributed by atoms with E-state index in [1.54, 1.807) is 6.92 Å². The number of ketones is 1. The molecule has 62 valence electrons. The van der Waals surface area contributed by atoms with E-state index in [0.29, 0.717) is 18.0 Å². The van der Waals surface area contributed by atoms with Gasteiger partial charge in [-0.1, -0.05) is 16.8 Å². The van der Waals surface area contributed by atoms with Crippen LogP contribution >= 0.6 is 11.6 Å². The van der Waals surface area contributed by atoms with Crippen molar-refractivity contribution >= 4 is 22.6 Å². The summed E-state index contributed by atoms with van der Waals surface area (Å²) in [5, 5.41) is 4.06. The van der Waals surface area contributed by atoms with Crippen molar-refractivity contribution in [2.24, 2.45) is 5.16 Å². The van der Waals surface area contributed by atoms with Crippen molar-refractivity contribution in [2.75, 3.05) is 0 Å². The number of Topliss-reactive ketones (excluding diaryl/α,β-unsaturated/α-hetero) is 1. The van der Waals surface area contributed by atoms with Crippen molar-refractivity contribution < 1.29 is 9.63 Å². The lowest BCUT2D eigenvalue weighted by Crippen LogP contribution is -2.07. The second-order valence-electron chi connectivity index (χ2n) is 2.64. The predicted octanol–water partition coefficient (Wildman–Crippen LogP) is 1.70. The maximum absolute atomic E-state index is 10.6. The molecule has 1 rings (SSSR count). The van der Waals surface area contributed by atoms with Gasteiger partial charge in [-0.3, -0.25) is 0 Å². The van der Waals surface area contributed by atoms with Gasteiger partial charge in [-0.2, -0.15) is 0 Å². The molecule has 0 amide bonds. The molecule has 0 aromatic rings. The minimum atomic E-state index is 0.0198. The van der Waals surface area contributed by atoms with E-state index in [9.17, 15) is 4.79 Å². The summed E-state index contributed by atoms with van der Waals surface area (Å²) >= 11 is 5.56. The van der Waals surface area contributed by atoms with Crippen LogP contribution in [0.4, 0.5) is 0 Å². The van der Waals surface area contributed by atoms with E-state index in [-0.39, 0.29) is 11.9 Å². The topological polar surface area (TPSA) is 38.7 Å². The summed E-state index contributed by atoms with van der Waals surface area (Å²) < 4.78 is 0. The number of halogens is 1. The van der Waals surface area contributed by atoms with Crippen LogP contribution in [-0.2, 0) is 9.63 Å². The van der Waals surface area contributed by atoms with Crippen LogP contribution in [0.1, 0.15) is 26.2 Å². The van der Waals surface area contributed by atoms with E-state index in [4.69, 9.17) is 16.4 Å². The summed E-state index contributed by atoms with van der Waals surface area (Å²) in [5.74, 6) is 0.177. The smallest absolute Gasteiger partial charge is 0.149 e. The Hall–Kier alpha value is -0.570. The number of rotatable bonds is 3. The van der Waals surface area contributed by atoms with Crippen LogP contribution in [0.25, 0.3) is 0 Å². The molecule has 0 saturated heterocycles. The molecule has 0 radical (unpaired) electrons. The lowest BCUT2D eigenvalue weighted by atomic mass is 10.1. The van der Waals surface area contributed by atoms with Crippen LogP contribution in [0.5, 0.6) is 0 Å². The summed E-state index contributed by atoms with van der Waals surface area (Å²) in [5.41, 5.74) is 0. The lowest BCUT2D eigenvalue weighted by molar-refractivity contribution is -0.117. The number of nitrogens with zero attached hydrogens (tertiary/aromatic N) is 1. The first kappa shape index (κ1) is 8.53. The van der Waals surface area contributed by atoms with Gasteiger partial charge in [0.05, 0.1) is 0 Å². The van der Waals surface area contributed by atoms with Crippen LogP contribution in [0.2, 0.25) is 0 Å². The van der Waals surface area contributed by atoms with Crippen molar-refractivity contribution in [3.05, 3.63) is 0 Å². The summed E-state index contributed by atoms with van der Waals surface area (Å²) in [6, 6.07) is 0. The third-order valence-corrected chi connectivity index (χ3v) is 1.74.